The van der Waals surface area contributed by atoms with E-state index in [0.29, 0.717) is 5.92 Å². The molecule has 1 aromatic rings. The number of nitrogens with two attached hydrogens (primary N) is 1. The molecular weight excluding hydrogens is 238 g/mol. The molecule has 0 aliphatic heterocycles. The molecule has 2 atom stereocenters. The van der Waals surface area contributed by atoms with Gasteiger partial charge in [-0.15, -0.1) is 0 Å². The standard InChI is InChI=1S/C12H16BrN/c1-8(9-2-3-9)12(14)10-4-6-11(13)7-5-10/h4-9,12H,2-3,14H2,1H3. The highest BCUT2D eigenvalue weighted by Crippen LogP contribution is 2.41. The van der Waals surface area contributed by atoms with E-state index in [1.165, 1.54) is 18.4 Å². The van der Waals surface area contributed by atoms with E-state index in [4.69, 9.17) is 5.73 Å². The van der Waals surface area contributed by atoms with Crippen LogP contribution in [0.25, 0.3) is 0 Å². The molecule has 0 aromatic heterocycles. The van der Waals surface area contributed by atoms with Gasteiger partial charge in [0.2, 0.25) is 0 Å². The summed E-state index contributed by atoms with van der Waals surface area (Å²) in [5.41, 5.74) is 7.47. The number of halogens is 1. The third-order valence-electron chi connectivity index (χ3n) is 3.19. The van der Waals surface area contributed by atoms with Crippen molar-refractivity contribution in [3.63, 3.8) is 0 Å². The number of hydrogen-bond donors (Lipinski definition) is 1. The van der Waals surface area contributed by atoms with Crippen molar-refractivity contribution in [1.82, 2.24) is 0 Å². The average Bonchev–Trinajstić information content (AvgIpc) is 3.00. The second-order valence-corrected chi connectivity index (χ2v) is 5.19. The molecule has 0 radical (unpaired) electrons. The van der Waals surface area contributed by atoms with E-state index in [-0.39, 0.29) is 6.04 Å². The van der Waals surface area contributed by atoms with Crippen LogP contribution < -0.4 is 5.73 Å². The normalized spacial score (nSPS) is 20.5. The fraction of sp³-hybridized carbons (Fsp3) is 0.500. The highest BCUT2D eigenvalue weighted by molar-refractivity contribution is 9.10. The molecule has 0 saturated heterocycles. The molecule has 0 heterocycles. The van der Waals surface area contributed by atoms with E-state index in [0.717, 1.165) is 10.4 Å². The Morgan fingerprint density at radius 1 is 1.29 bits per heavy atom. The van der Waals surface area contributed by atoms with Gasteiger partial charge in [-0.1, -0.05) is 35.0 Å². The summed E-state index contributed by atoms with van der Waals surface area (Å²) < 4.78 is 1.12. The highest BCUT2D eigenvalue weighted by Gasteiger charge is 2.32. The van der Waals surface area contributed by atoms with Crippen molar-refractivity contribution < 1.29 is 0 Å². The van der Waals surface area contributed by atoms with Crippen molar-refractivity contribution in [2.45, 2.75) is 25.8 Å². The zero-order valence-corrected chi connectivity index (χ0v) is 10.00. The van der Waals surface area contributed by atoms with Gasteiger partial charge in [0.1, 0.15) is 0 Å². The summed E-state index contributed by atoms with van der Waals surface area (Å²) in [5, 5.41) is 0. The van der Waals surface area contributed by atoms with Crippen LogP contribution in [-0.4, -0.2) is 0 Å². The van der Waals surface area contributed by atoms with Crippen LogP contribution in [0.2, 0.25) is 0 Å². The summed E-state index contributed by atoms with van der Waals surface area (Å²) in [6.45, 7) is 2.27. The molecule has 14 heavy (non-hydrogen) atoms. The lowest BCUT2D eigenvalue weighted by Gasteiger charge is -2.19. The molecule has 1 fully saturated rings. The minimum atomic E-state index is 0.204. The van der Waals surface area contributed by atoms with Crippen molar-refractivity contribution in [1.29, 1.82) is 0 Å². The summed E-state index contributed by atoms with van der Waals surface area (Å²) in [6, 6.07) is 8.57. The summed E-state index contributed by atoms with van der Waals surface area (Å²) in [5.74, 6) is 1.49. The topological polar surface area (TPSA) is 26.0 Å². The molecule has 2 N–H and O–H groups in total. The molecule has 1 saturated carbocycles. The van der Waals surface area contributed by atoms with E-state index in [1.807, 2.05) is 0 Å². The first kappa shape index (κ1) is 10.2. The molecule has 0 bridgehead atoms. The van der Waals surface area contributed by atoms with Crippen LogP contribution >= 0.6 is 15.9 Å². The van der Waals surface area contributed by atoms with Gasteiger partial charge < -0.3 is 5.73 Å². The lowest BCUT2D eigenvalue weighted by atomic mass is 9.92. The minimum absolute atomic E-state index is 0.204. The Kier molecular flexibility index (Phi) is 2.93. The Morgan fingerprint density at radius 3 is 2.36 bits per heavy atom. The molecule has 76 valence electrons. The lowest BCUT2D eigenvalue weighted by Crippen LogP contribution is -2.20. The molecule has 0 spiro atoms. The smallest absolute Gasteiger partial charge is 0.0323 e. The van der Waals surface area contributed by atoms with E-state index >= 15 is 0 Å². The van der Waals surface area contributed by atoms with Crippen molar-refractivity contribution in [3.05, 3.63) is 34.3 Å². The molecule has 1 aliphatic rings. The maximum absolute atomic E-state index is 6.21. The van der Waals surface area contributed by atoms with E-state index in [9.17, 15) is 0 Å². The molecule has 1 aromatic carbocycles. The summed E-state index contributed by atoms with van der Waals surface area (Å²) >= 11 is 3.43. The van der Waals surface area contributed by atoms with Crippen LogP contribution in [0.4, 0.5) is 0 Å². The molecule has 2 rings (SSSR count). The van der Waals surface area contributed by atoms with Crippen LogP contribution in [0.1, 0.15) is 31.4 Å². The van der Waals surface area contributed by atoms with Crippen molar-refractivity contribution >= 4 is 15.9 Å². The molecule has 2 unspecified atom stereocenters. The predicted molar refractivity (Wildman–Crippen MR) is 63.0 cm³/mol. The quantitative estimate of drug-likeness (QED) is 0.877. The van der Waals surface area contributed by atoms with Gasteiger partial charge >= 0.3 is 0 Å². The van der Waals surface area contributed by atoms with Crippen molar-refractivity contribution in [2.75, 3.05) is 0 Å². The Morgan fingerprint density at radius 2 is 1.86 bits per heavy atom. The monoisotopic (exact) mass is 253 g/mol. The molecule has 2 heteroatoms. The summed E-state index contributed by atoms with van der Waals surface area (Å²) in [6.07, 6.45) is 2.73. The second-order valence-electron chi connectivity index (χ2n) is 4.27. The van der Waals surface area contributed by atoms with Crippen LogP contribution in [0.3, 0.4) is 0 Å². The fourth-order valence-electron chi connectivity index (χ4n) is 1.90. The average molecular weight is 254 g/mol. The minimum Gasteiger partial charge on any atom is -0.324 e. The van der Waals surface area contributed by atoms with Crippen LogP contribution in [0.15, 0.2) is 28.7 Å². The Bertz CT molecular complexity index is 303. The van der Waals surface area contributed by atoms with Gasteiger partial charge in [0, 0.05) is 10.5 Å². The van der Waals surface area contributed by atoms with Crippen LogP contribution in [0.5, 0.6) is 0 Å². The van der Waals surface area contributed by atoms with Gasteiger partial charge in [0.05, 0.1) is 0 Å². The van der Waals surface area contributed by atoms with E-state index in [2.05, 4.69) is 47.1 Å². The van der Waals surface area contributed by atoms with Gasteiger partial charge in [-0.05, 0) is 42.4 Å². The van der Waals surface area contributed by atoms with Gasteiger partial charge in [-0.2, -0.15) is 0 Å². The SMILES string of the molecule is CC(C1CC1)C(N)c1ccc(Br)cc1. The Balaban J connectivity index is 2.09. The fourth-order valence-corrected chi connectivity index (χ4v) is 2.17. The Labute approximate surface area is 93.8 Å². The van der Waals surface area contributed by atoms with Gasteiger partial charge in [0.25, 0.3) is 0 Å². The number of benzene rings is 1. The van der Waals surface area contributed by atoms with Gasteiger partial charge in [-0.3, -0.25) is 0 Å². The third kappa shape index (κ3) is 2.18. The summed E-state index contributed by atoms with van der Waals surface area (Å²) in [4.78, 5) is 0. The molecule has 1 aliphatic carbocycles. The van der Waals surface area contributed by atoms with Gasteiger partial charge in [-0.25, -0.2) is 0 Å². The highest BCUT2D eigenvalue weighted by atomic mass is 79.9. The number of hydrogen-bond acceptors (Lipinski definition) is 1. The van der Waals surface area contributed by atoms with Crippen molar-refractivity contribution in [3.8, 4) is 0 Å². The maximum Gasteiger partial charge on any atom is 0.0323 e. The first-order valence-corrected chi connectivity index (χ1v) is 5.99. The second kappa shape index (κ2) is 4.03. The van der Waals surface area contributed by atoms with Crippen LogP contribution in [0, 0.1) is 11.8 Å². The van der Waals surface area contributed by atoms with E-state index < -0.39 is 0 Å². The lowest BCUT2D eigenvalue weighted by molar-refractivity contribution is 0.417. The summed E-state index contributed by atoms with van der Waals surface area (Å²) in [7, 11) is 0. The largest absolute Gasteiger partial charge is 0.324 e. The zero-order chi connectivity index (χ0) is 10.1. The third-order valence-corrected chi connectivity index (χ3v) is 3.72. The first-order chi connectivity index (χ1) is 6.68. The zero-order valence-electron chi connectivity index (χ0n) is 8.41. The van der Waals surface area contributed by atoms with Gasteiger partial charge in [0.15, 0.2) is 0 Å². The molecular formula is C12H16BrN. The number of rotatable bonds is 3. The Hall–Kier alpha value is -0.340. The van der Waals surface area contributed by atoms with E-state index in [1.54, 1.807) is 0 Å². The molecule has 0 amide bonds. The molecule has 1 nitrogen and oxygen atoms in total. The predicted octanol–water partition coefficient (Wildman–Crippen LogP) is 3.50. The van der Waals surface area contributed by atoms with Crippen molar-refractivity contribution in [2.24, 2.45) is 17.6 Å². The first-order valence-electron chi connectivity index (χ1n) is 5.19. The van der Waals surface area contributed by atoms with Crippen LogP contribution in [-0.2, 0) is 0 Å². The maximum atomic E-state index is 6.21.